The van der Waals surface area contributed by atoms with E-state index in [0.29, 0.717) is 29.1 Å². The molecule has 9 nitrogen and oxygen atoms in total. The molecule has 0 unspecified atom stereocenters. The first kappa shape index (κ1) is 23.3. The maximum Gasteiger partial charge on any atom is 0.243 e. The van der Waals surface area contributed by atoms with Gasteiger partial charge in [0, 0.05) is 32.1 Å². The van der Waals surface area contributed by atoms with Crippen LogP contribution >= 0.6 is 11.3 Å². The van der Waals surface area contributed by atoms with Gasteiger partial charge in [0.05, 0.1) is 29.3 Å². The number of aryl methyl sites for hydroxylation is 1. The molecule has 2 heterocycles. The monoisotopic (exact) mass is 490 g/mol. The number of para-hydroxylation sites is 1. The Labute approximate surface area is 196 Å². The quantitative estimate of drug-likeness (QED) is 0.534. The van der Waals surface area contributed by atoms with E-state index in [1.807, 2.05) is 35.9 Å². The summed E-state index contributed by atoms with van der Waals surface area (Å²) in [7, 11) is 1.16. The molecule has 1 saturated heterocycles. The van der Waals surface area contributed by atoms with Crippen molar-refractivity contribution in [1.29, 1.82) is 0 Å². The van der Waals surface area contributed by atoms with E-state index >= 15 is 0 Å². The number of nitrogens with one attached hydrogen (secondary N) is 1. The van der Waals surface area contributed by atoms with Crippen molar-refractivity contribution >= 4 is 37.5 Å². The number of methoxy groups -OCH3 is 2. The van der Waals surface area contributed by atoms with Gasteiger partial charge in [0.25, 0.3) is 0 Å². The van der Waals surface area contributed by atoms with E-state index in [4.69, 9.17) is 9.47 Å². The van der Waals surface area contributed by atoms with Crippen LogP contribution in [0.4, 0.5) is 0 Å². The van der Waals surface area contributed by atoms with Gasteiger partial charge in [0.2, 0.25) is 20.7 Å². The number of aromatic nitrogens is 1. The summed E-state index contributed by atoms with van der Waals surface area (Å²) in [5.41, 5.74) is 3.71. The second kappa shape index (κ2) is 9.54. The molecule has 2 aromatic carbocycles. The molecule has 0 spiro atoms. The molecule has 0 atom stereocenters. The zero-order valence-corrected chi connectivity index (χ0v) is 20.3. The molecule has 3 aromatic rings. The van der Waals surface area contributed by atoms with Crippen LogP contribution in [0.2, 0.25) is 0 Å². The fourth-order valence-electron chi connectivity index (χ4n) is 3.87. The fraction of sp³-hybridized carbons (Fsp3) is 0.364. The lowest BCUT2D eigenvalue weighted by Crippen LogP contribution is -2.42. The van der Waals surface area contributed by atoms with E-state index in [1.165, 1.54) is 42.0 Å². The Bertz CT molecular complexity index is 1340. The largest absolute Gasteiger partial charge is 0.493 e. The molecule has 0 aliphatic carbocycles. The molecule has 176 valence electrons. The van der Waals surface area contributed by atoms with E-state index < -0.39 is 10.0 Å². The van der Waals surface area contributed by atoms with Crippen molar-refractivity contribution < 1.29 is 22.7 Å². The van der Waals surface area contributed by atoms with Crippen molar-refractivity contribution in [2.45, 2.75) is 17.7 Å². The standard InChI is InChI=1S/C22H26N4O5S2/c1-25-17-6-4-5-7-20(17)32-22(25)24-23-21(27)15-10-12-26(13-11-15)33(28,29)16-8-9-18(30-2)19(14-16)31-3/h4-9,14-15H,10-13H2,1-3H3,(H,23,27)/b24-22-. The third-order valence-electron chi connectivity index (χ3n) is 5.79. The highest BCUT2D eigenvalue weighted by atomic mass is 32.2. The summed E-state index contributed by atoms with van der Waals surface area (Å²) in [5, 5.41) is 4.29. The molecule has 1 fully saturated rings. The zero-order chi connectivity index (χ0) is 23.6. The first-order valence-corrected chi connectivity index (χ1v) is 12.7. The van der Waals surface area contributed by atoms with Gasteiger partial charge in [0.15, 0.2) is 11.5 Å². The third-order valence-corrected chi connectivity index (χ3v) is 8.80. The SMILES string of the molecule is COc1ccc(S(=O)(=O)N2CCC(C(=O)N/N=c3\sc4ccccc4n3C)CC2)cc1OC. The normalized spacial score (nSPS) is 16.2. The number of nitrogens with zero attached hydrogens (tertiary/aromatic N) is 3. The zero-order valence-electron chi connectivity index (χ0n) is 18.6. The van der Waals surface area contributed by atoms with E-state index in [-0.39, 0.29) is 29.8 Å². The number of hydrogen-bond donors (Lipinski definition) is 1. The van der Waals surface area contributed by atoms with Crippen LogP contribution in [-0.2, 0) is 21.9 Å². The number of amides is 1. The molecular weight excluding hydrogens is 464 g/mol. The highest BCUT2D eigenvalue weighted by Gasteiger charge is 2.32. The minimum atomic E-state index is -3.70. The van der Waals surface area contributed by atoms with Crippen LogP contribution in [0.15, 0.2) is 52.5 Å². The fourth-order valence-corrected chi connectivity index (χ4v) is 6.33. The molecule has 4 rings (SSSR count). The molecule has 0 radical (unpaired) electrons. The molecule has 0 saturated carbocycles. The van der Waals surface area contributed by atoms with Gasteiger partial charge in [-0.05, 0) is 37.1 Å². The van der Waals surface area contributed by atoms with Crippen molar-refractivity contribution in [3.63, 3.8) is 0 Å². The number of hydrogen-bond acceptors (Lipinski definition) is 7. The second-order valence-corrected chi connectivity index (χ2v) is 10.6. The van der Waals surface area contributed by atoms with Gasteiger partial charge in [0.1, 0.15) is 0 Å². The predicted molar refractivity (Wildman–Crippen MR) is 126 cm³/mol. The molecular formula is C22H26N4O5S2. The molecule has 1 aromatic heterocycles. The molecule has 1 amide bonds. The van der Waals surface area contributed by atoms with Gasteiger partial charge in [-0.15, -0.1) is 5.10 Å². The number of carbonyl (C=O) groups is 1. The Morgan fingerprint density at radius 1 is 1.09 bits per heavy atom. The number of benzene rings is 2. The minimum absolute atomic E-state index is 0.135. The summed E-state index contributed by atoms with van der Waals surface area (Å²) in [5.74, 6) is 0.312. The van der Waals surface area contributed by atoms with Gasteiger partial charge >= 0.3 is 0 Å². The Morgan fingerprint density at radius 2 is 1.79 bits per heavy atom. The summed E-state index contributed by atoms with van der Waals surface area (Å²) in [6, 6.07) is 12.5. The average molecular weight is 491 g/mol. The van der Waals surface area contributed by atoms with Crippen molar-refractivity contribution in [3.8, 4) is 11.5 Å². The summed E-state index contributed by atoms with van der Waals surface area (Å²) in [6.45, 7) is 0.511. The van der Waals surface area contributed by atoms with E-state index in [9.17, 15) is 13.2 Å². The van der Waals surface area contributed by atoms with Crippen LogP contribution in [-0.4, -0.2) is 50.5 Å². The number of fused-ring (bicyclic) bond motifs is 1. The number of sulfonamides is 1. The number of thiazole rings is 1. The lowest BCUT2D eigenvalue weighted by atomic mass is 9.98. The van der Waals surface area contributed by atoms with Crippen LogP contribution in [0.25, 0.3) is 10.2 Å². The summed E-state index contributed by atoms with van der Waals surface area (Å²) < 4.78 is 41.0. The van der Waals surface area contributed by atoms with Gasteiger partial charge in [-0.2, -0.15) is 4.31 Å². The lowest BCUT2D eigenvalue weighted by Gasteiger charge is -2.30. The first-order chi connectivity index (χ1) is 15.8. The number of carbonyl (C=O) groups excluding carboxylic acids is 1. The van der Waals surface area contributed by atoms with Gasteiger partial charge in [-0.25, -0.2) is 13.8 Å². The van der Waals surface area contributed by atoms with E-state index in [1.54, 1.807) is 6.07 Å². The molecule has 0 bridgehead atoms. The molecule has 1 N–H and O–H groups in total. The van der Waals surface area contributed by atoms with Crippen molar-refractivity contribution in [2.75, 3.05) is 27.3 Å². The summed E-state index contributed by atoms with van der Waals surface area (Å²) in [6.07, 6.45) is 0.846. The lowest BCUT2D eigenvalue weighted by molar-refractivity contribution is -0.126. The van der Waals surface area contributed by atoms with Crippen LogP contribution in [0, 0.1) is 5.92 Å². The molecule has 1 aliphatic rings. The summed E-state index contributed by atoms with van der Waals surface area (Å²) in [4.78, 5) is 13.5. The van der Waals surface area contributed by atoms with Gasteiger partial charge in [-0.3, -0.25) is 4.79 Å². The predicted octanol–water partition coefficient (Wildman–Crippen LogP) is 2.29. The van der Waals surface area contributed by atoms with Crippen LogP contribution in [0.3, 0.4) is 0 Å². The Balaban J connectivity index is 1.42. The van der Waals surface area contributed by atoms with E-state index in [0.717, 1.165) is 10.2 Å². The topological polar surface area (TPSA) is 102 Å². The second-order valence-electron chi connectivity index (χ2n) is 7.69. The number of ether oxygens (including phenoxy) is 2. The highest BCUT2D eigenvalue weighted by Crippen LogP contribution is 2.32. The van der Waals surface area contributed by atoms with Crippen LogP contribution in [0.5, 0.6) is 11.5 Å². The van der Waals surface area contributed by atoms with Crippen LogP contribution in [0.1, 0.15) is 12.8 Å². The van der Waals surface area contributed by atoms with Crippen LogP contribution < -0.4 is 19.7 Å². The minimum Gasteiger partial charge on any atom is -0.493 e. The summed E-state index contributed by atoms with van der Waals surface area (Å²) >= 11 is 1.49. The third kappa shape index (κ3) is 4.61. The maximum absolute atomic E-state index is 13.1. The Hall–Kier alpha value is -2.89. The molecule has 1 aliphatic heterocycles. The highest BCUT2D eigenvalue weighted by molar-refractivity contribution is 7.89. The van der Waals surface area contributed by atoms with Crippen molar-refractivity contribution in [3.05, 3.63) is 47.3 Å². The Kier molecular flexibility index (Phi) is 6.73. The number of rotatable bonds is 6. The first-order valence-electron chi connectivity index (χ1n) is 10.5. The van der Waals surface area contributed by atoms with Crippen molar-refractivity contribution in [2.24, 2.45) is 18.1 Å². The number of piperidine rings is 1. The molecule has 11 heteroatoms. The Morgan fingerprint density at radius 3 is 2.45 bits per heavy atom. The van der Waals surface area contributed by atoms with Gasteiger partial charge < -0.3 is 14.0 Å². The van der Waals surface area contributed by atoms with Gasteiger partial charge in [-0.1, -0.05) is 23.5 Å². The smallest absolute Gasteiger partial charge is 0.243 e. The average Bonchev–Trinajstić information content (AvgIpc) is 3.17. The van der Waals surface area contributed by atoms with E-state index in [2.05, 4.69) is 10.5 Å². The van der Waals surface area contributed by atoms with Crippen molar-refractivity contribution in [1.82, 2.24) is 14.3 Å². The maximum atomic E-state index is 13.1. The molecule has 33 heavy (non-hydrogen) atoms.